The van der Waals surface area contributed by atoms with E-state index >= 15 is 0 Å². The molecule has 138 valence electrons. The number of halogens is 1. The molecule has 1 heterocycles. The lowest BCUT2D eigenvalue weighted by molar-refractivity contribution is 0.191. The van der Waals surface area contributed by atoms with E-state index < -0.39 is 11.9 Å². The van der Waals surface area contributed by atoms with Crippen molar-refractivity contribution in [2.24, 2.45) is 0 Å². The van der Waals surface area contributed by atoms with Gasteiger partial charge in [0.2, 0.25) is 0 Å². The summed E-state index contributed by atoms with van der Waals surface area (Å²) in [5, 5.41) is 11.2. The Bertz CT molecular complexity index is 812. The highest BCUT2D eigenvalue weighted by Gasteiger charge is 2.23. The molecule has 2 N–H and O–H groups in total. The fourth-order valence-electron chi connectivity index (χ4n) is 3.09. The Morgan fingerprint density at radius 2 is 2.08 bits per heavy atom. The number of nitrogens with zero attached hydrogens (tertiary/aromatic N) is 1. The number of carbonyl (C=O) groups is 1. The third-order valence-electron chi connectivity index (χ3n) is 4.57. The Balaban J connectivity index is 1.85. The van der Waals surface area contributed by atoms with Gasteiger partial charge >= 0.3 is 6.09 Å². The summed E-state index contributed by atoms with van der Waals surface area (Å²) in [6.45, 7) is 0.895. The molecule has 6 nitrogen and oxygen atoms in total. The summed E-state index contributed by atoms with van der Waals surface area (Å²) in [5.41, 5.74) is 2.64. The van der Waals surface area contributed by atoms with Gasteiger partial charge in [-0.25, -0.2) is 9.18 Å². The number of hydrogen-bond acceptors (Lipinski definition) is 4. The lowest BCUT2D eigenvalue weighted by atomic mass is 9.92. The molecule has 3 rings (SSSR count). The molecule has 0 radical (unpaired) electrons. The molecule has 1 aliphatic rings. The van der Waals surface area contributed by atoms with Crippen molar-refractivity contribution in [3.8, 4) is 11.5 Å². The minimum absolute atomic E-state index is 0.0834. The van der Waals surface area contributed by atoms with Gasteiger partial charge in [-0.2, -0.15) is 0 Å². The highest BCUT2D eigenvalue weighted by molar-refractivity contribution is 5.67. The molecule has 26 heavy (non-hydrogen) atoms. The molecule has 0 spiro atoms. The maximum Gasteiger partial charge on any atom is 0.404 e. The molecule has 1 aliphatic heterocycles. The average Bonchev–Trinajstić information content (AvgIpc) is 2.65. The summed E-state index contributed by atoms with van der Waals surface area (Å²) in [6.07, 6.45) is -0.267. The van der Waals surface area contributed by atoms with Crippen LogP contribution in [0.1, 0.15) is 17.9 Å². The summed E-state index contributed by atoms with van der Waals surface area (Å²) in [6, 6.07) is 10.5. The number of benzene rings is 2. The van der Waals surface area contributed by atoms with E-state index in [-0.39, 0.29) is 11.7 Å². The van der Waals surface area contributed by atoms with E-state index in [1.807, 2.05) is 30.1 Å². The number of carboxylic acid groups (broad SMARTS) is 1. The number of ether oxygens (including phenoxy) is 2. The smallest absolute Gasteiger partial charge is 0.404 e. The Morgan fingerprint density at radius 3 is 2.81 bits per heavy atom. The maximum absolute atomic E-state index is 13.6. The highest BCUT2D eigenvalue weighted by Crippen LogP contribution is 2.38. The van der Waals surface area contributed by atoms with Crippen LogP contribution in [0.5, 0.6) is 11.5 Å². The molecule has 0 saturated heterocycles. The van der Waals surface area contributed by atoms with E-state index in [1.54, 1.807) is 12.1 Å². The van der Waals surface area contributed by atoms with Gasteiger partial charge in [-0.05, 0) is 30.2 Å². The van der Waals surface area contributed by atoms with Gasteiger partial charge in [-0.3, -0.25) is 0 Å². The van der Waals surface area contributed by atoms with Gasteiger partial charge in [0.15, 0.2) is 11.6 Å². The molecule has 0 aliphatic carbocycles. The van der Waals surface area contributed by atoms with Crippen molar-refractivity contribution in [1.82, 2.24) is 5.32 Å². The number of nitrogens with one attached hydrogen (secondary N) is 1. The second kappa shape index (κ2) is 7.51. The number of hydrogen-bond donors (Lipinski definition) is 2. The van der Waals surface area contributed by atoms with Gasteiger partial charge in [0, 0.05) is 43.0 Å². The molecule has 2 aromatic rings. The van der Waals surface area contributed by atoms with Crippen LogP contribution in [0.2, 0.25) is 0 Å². The first-order valence-corrected chi connectivity index (χ1v) is 8.30. The van der Waals surface area contributed by atoms with Crippen LogP contribution in [-0.4, -0.2) is 38.5 Å². The van der Waals surface area contributed by atoms with Crippen molar-refractivity contribution in [3.63, 3.8) is 0 Å². The molecule has 0 bridgehead atoms. The third kappa shape index (κ3) is 3.66. The summed E-state index contributed by atoms with van der Waals surface area (Å²) in [7, 11) is 3.31. The van der Waals surface area contributed by atoms with Crippen LogP contribution in [0.4, 0.5) is 20.6 Å². The van der Waals surface area contributed by atoms with Crippen molar-refractivity contribution >= 4 is 17.5 Å². The van der Waals surface area contributed by atoms with Gasteiger partial charge in [0.25, 0.3) is 0 Å². The predicted octanol–water partition coefficient (Wildman–Crippen LogP) is 3.74. The molecule has 2 aromatic carbocycles. The monoisotopic (exact) mass is 360 g/mol. The summed E-state index contributed by atoms with van der Waals surface area (Å²) < 4.78 is 24.4. The molecule has 0 unspecified atom stereocenters. The van der Waals surface area contributed by atoms with Gasteiger partial charge in [0.05, 0.1) is 13.7 Å². The van der Waals surface area contributed by atoms with E-state index in [9.17, 15) is 9.18 Å². The first kappa shape index (κ1) is 17.8. The van der Waals surface area contributed by atoms with E-state index in [0.717, 1.165) is 29.1 Å². The SMILES string of the molecule is COc1cc(N(C)c2ccc3c(c2)OCC[C@H]3CNC(=O)O)ccc1F. The average molecular weight is 360 g/mol. The van der Waals surface area contributed by atoms with Crippen LogP contribution < -0.4 is 19.7 Å². The van der Waals surface area contributed by atoms with Crippen LogP contribution in [0.25, 0.3) is 0 Å². The molecular formula is C19H21FN2O4. The number of amides is 1. The largest absolute Gasteiger partial charge is 0.494 e. The van der Waals surface area contributed by atoms with Gasteiger partial charge in [0.1, 0.15) is 5.75 Å². The zero-order valence-electron chi connectivity index (χ0n) is 14.7. The van der Waals surface area contributed by atoms with Crippen molar-refractivity contribution in [3.05, 3.63) is 47.8 Å². The van der Waals surface area contributed by atoms with Crippen LogP contribution in [-0.2, 0) is 0 Å². The normalized spacial score (nSPS) is 15.6. The number of fused-ring (bicyclic) bond motifs is 1. The fourth-order valence-corrected chi connectivity index (χ4v) is 3.09. The highest BCUT2D eigenvalue weighted by atomic mass is 19.1. The Kier molecular flexibility index (Phi) is 5.16. The first-order chi connectivity index (χ1) is 12.5. The van der Waals surface area contributed by atoms with Gasteiger partial charge in [-0.1, -0.05) is 6.07 Å². The molecule has 7 heteroatoms. The second-order valence-corrected chi connectivity index (χ2v) is 6.12. The zero-order chi connectivity index (χ0) is 18.7. The van der Waals surface area contributed by atoms with Crippen molar-refractivity contribution < 1.29 is 23.8 Å². The van der Waals surface area contributed by atoms with Crippen molar-refractivity contribution in [2.75, 3.05) is 32.2 Å². The number of rotatable bonds is 5. The zero-order valence-corrected chi connectivity index (χ0v) is 14.7. The minimum atomic E-state index is -1.03. The van der Waals surface area contributed by atoms with Gasteiger partial charge < -0.3 is 24.8 Å². The lowest BCUT2D eigenvalue weighted by Gasteiger charge is -2.28. The Hall–Kier alpha value is -2.96. The first-order valence-electron chi connectivity index (χ1n) is 8.30. The Morgan fingerprint density at radius 1 is 1.35 bits per heavy atom. The summed E-state index contributed by atoms with van der Waals surface area (Å²) in [4.78, 5) is 12.7. The Labute approximate surface area is 151 Å². The summed E-state index contributed by atoms with van der Waals surface area (Å²) in [5.74, 6) is 0.600. The van der Waals surface area contributed by atoms with Crippen LogP contribution in [0, 0.1) is 5.82 Å². The lowest BCUT2D eigenvalue weighted by Crippen LogP contribution is -2.29. The molecular weight excluding hydrogens is 339 g/mol. The van der Waals surface area contributed by atoms with Crippen LogP contribution in [0.3, 0.4) is 0 Å². The molecule has 0 aromatic heterocycles. The number of methoxy groups -OCH3 is 1. The van der Waals surface area contributed by atoms with E-state index in [0.29, 0.717) is 13.2 Å². The molecule has 1 atom stereocenters. The number of anilines is 2. The van der Waals surface area contributed by atoms with Crippen LogP contribution in [0.15, 0.2) is 36.4 Å². The minimum Gasteiger partial charge on any atom is -0.494 e. The fraction of sp³-hybridized carbons (Fsp3) is 0.316. The van der Waals surface area contributed by atoms with E-state index in [4.69, 9.17) is 14.6 Å². The maximum atomic E-state index is 13.6. The van der Waals surface area contributed by atoms with E-state index in [2.05, 4.69) is 5.32 Å². The van der Waals surface area contributed by atoms with Crippen molar-refractivity contribution in [2.45, 2.75) is 12.3 Å². The van der Waals surface area contributed by atoms with E-state index in [1.165, 1.54) is 13.2 Å². The molecule has 0 saturated carbocycles. The van der Waals surface area contributed by atoms with Crippen LogP contribution >= 0.6 is 0 Å². The third-order valence-corrected chi connectivity index (χ3v) is 4.57. The summed E-state index contributed by atoms with van der Waals surface area (Å²) >= 11 is 0. The van der Waals surface area contributed by atoms with Gasteiger partial charge in [-0.15, -0.1) is 0 Å². The predicted molar refractivity (Wildman–Crippen MR) is 96.3 cm³/mol. The molecule has 1 amide bonds. The second-order valence-electron chi connectivity index (χ2n) is 6.12. The standard InChI is InChI=1S/C19H21FN2O4/c1-22(14-4-6-16(20)18(10-14)25-2)13-3-5-15-12(11-21-19(23)24)7-8-26-17(15)9-13/h3-6,9-10,12,21H,7-8,11H2,1-2H3,(H,23,24)/t12-/m0/s1. The molecule has 0 fully saturated rings. The quantitative estimate of drug-likeness (QED) is 0.850. The topological polar surface area (TPSA) is 71.0 Å². The van der Waals surface area contributed by atoms with Crippen molar-refractivity contribution in [1.29, 1.82) is 0 Å².